The maximum atomic E-state index is 12.8. The Bertz CT molecular complexity index is 471. The molecular weight excluding hydrogens is 209 g/mol. The van der Waals surface area contributed by atoms with Gasteiger partial charge in [-0.1, -0.05) is 18.2 Å². The molecule has 0 bridgehead atoms. The van der Waals surface area contributed by atoms with Crippen LogP contribution in [0.25, 0.3) is 0 Å². The summed E-state index contributed by atoms with van der Waals surface area (Å²) in [4.78, 5) is 3.57. The molecule has 1 aromatic heterocycles. The number of aromatic nitrogens is 1. The van der Waals surface area contributed by atoms with Gasteiger partial charge in [0.1, 0.15) is 5.75 Å². The predicted molar refractivity (Wildman–Crippen MR) is 56.6 cm³/mol. The number of pyridine rings is 1. The van der Waals surface area contributed by atoms with E-state index in [1.165, 1.54) is 12.1 Å². The van der Waals surface area contributed by atoms with Gasteiger partial charge >= 0.3 is 0 Å². The normalized spacial score (nSPS) is 10.1. The summed E-state index contributed by atoms with van der Waals surface area (Å²) < 4.78 is 18.1. The van der Waals surface area contributed by atoms with Gasteiger partial charge in [-0.2, -0.15) is 9.37 Å². The zero-order chi connectivity index (χ0) is 11.4. The van der Waals surface area contributed by atoms with E-state index in [4.69, 9.17) is 9.84 Å². The van der Waals surface area contributed by atoms with E-state index in [0.717, 1.165) is 5.56 Å². The minimum absolute atomic E-state index is 0.0154. The Morgan fingerprint density at radius 3 is 2.50 bits per heavy atom. The van der Waals surface area contributed by atoms with Crippen LogP contribution in [0.4, 0.5) is 4.39 Å². The van der Waals surface area contributed by atoms with E-state index in [-0.39, 0.29) is 12.5 Å². The summed E-state index contributed by atoms with van der Waals surface area (Å²) in [6.07, 6.45) is 0. The predicted octanol–water partition coefficient (Wildman–Crippen LogP) is 2.51. The van der Waals surface area contributed by atoms with Crippen LogP contribution in [0, 0.1) is 5.95 Å². The van der Waals surface area contributed by atoms with Crippen molar-refractivity contribution in [2.24, 2.45) is 0 Å². The molecule has 3 nitrogen and oxygen atoms in total. The Morgan fingerprint density at radius 1 is 1.12 bits per heavy atom. The molecule has 2 aromatic rings. The number of benzene rings is 1. The average Bonchev–Trinajstić information content (AvgIpc) is 2.30. The van der Waals surface area contributed by atoms with Crippen LogP contribution >= 0.6 is 0 Å². The van der Waals surface area contributed by atoms with Gasteiger partial charge < -0.3 is 9.84 Å². The van der Waals surface area contributed by atoms with Crippen LogP contribution in [-0.4, -0.2) is 10.1 Å². The third-order valence-electron chi connectivity index (χ3n) is 2.02. The molecule has 0 radical (unpaired) electrons. The molecule has 0 aliphatic carbocycles. The summed E-state index contributed by atoms with van der Waals surface area (Å²) in [6, 6.07) is 11.2. The summed E-state index contributed by atoms with van der Waals surface area (Å²) in [5, 5.41) is 8.85. The molecule has 1 aromatic carbocycles. The van der Waals surface area contributed by atoms with E-state index >= 15 is 0 Å². The fraction of sp³-hybridized carbons (Fsp3) is 0.0833. The van der Waals surface area contributed by atoms with Gasteiger partial charge in [-0.05, 0) is 23.8 Å². The number of ether oxygens (including phenoxy) is 1. The highest BCUT2D eigenvalue weighted by molar-refractivity contribution is 5.30. The van der Waals surface area contributed by atoms with Gasteiger partial charge in [-0.25, -0.2) is 0 Å². The van der Waals surface area contributed by atoms with Gasteiger partial charge in [0, 0.05) is 6.07 Å². The second-order valence-corrected chi connectivity index (χ2v) is 3.20. The third-order valence-corrected chi connectivity index (χ3v) is 2.02. The molecule has 1 heterocycles. The molecule has 16 heavy (non-hydrogen) atoms. The van der Waals surface area contributed by atoms with Crippen molar-refractivity contribution in [3.8, 4) is 11.6 Å². The number of aliphatic hydroxyl groups excluding tert-OH is 1. The van der Waals surface area contributed by atoms with Crippen molar-refractivity contribution in [1.29, 1.82) is 0 Å². The van der Waals surface area contributed by atoms with Crippen LogP contribution in [0.15, 0.2) is 42.5 Å². The molecule has 0 aliphatic rings. The Morgan fingerprint density at radius 2 is 1.88 bits per heavy atom. The van der Waals surface area contributed by atoms with E-state index in [9.17, 15) is 4.39 Å². The SMILES string of the molecule is OCc1ccc(Oc2cccc(F)n2)cc1. The zero-order valence-corrected chi connectivity index (χ0v) is 8.43. The second-order valence-electron chi connectivity index (χ2n) is 3.20. The smallest absolute Gasteiger partial charge is 0.221 e. The highest BCUT2D eigenvalue weighted by Gasteiger charge is 2.00. The lowest BCUT2D eigenvalue weighted by molar-refractivity contribution is 0.281. The van der Waals surface area contributed by atoms with Crippen LogP contribution in [0.5, 0.6) is 11.6 Å². The van der Waals surface area contributed by atoms with Crippen molar-refractivity contribution in [1.82, 2.24) is 4.98 Å². The molecule has 0 fully saturated rings. The van der Waals surface area contributed by atoms with E-state index in [1.54, 1.807) is 30.3 Å². The summed E-state index contributed by atoms with van der Waals surface area (Å²) in [6.45, 7) is -0.0154. The Kier molecular flexibility index (Phi) is 3.12. The molecule has 82 valence electrons. The topological polar surface area (TPSA) is 42.4 Å². The van der Waals surface area contributed by atoms with Gasteiger partial charge in [-0.3, -0.25) is 0 Å². The Balaban J connectivity index is 2.14. The summed E-state index contributed by atoms with van der Waals surface area (Å²) in [7, 11) is 0. The maximum absolute atomic E-state index is 12.8. The van der Waals surface area contributed by atoms with Crippen LogP contribution in [-0.2, 0) is 6.61 Å². The lowest BCUT2D eigenvalue weighted by atomic mass is 10.2. The fourth-order valence-electron chi connectivity index (χ4n) is 1.23. The molecule has 4 heteroatoms. The number of hydrogen-bond acceptors (Lipinski definition) is 3. The first kappa shape index (κ1) is 10.6. The van der Waals surface area contributed by atoms with Crippen LogP contribution in [0.2, 0.25) is 0 Å². The molecule has 0 saturated heterocycles. The Labute approximate surface area is 92.1 Å². The summed E-state index contributed by atoms with van der Waals surface area (Å²) in [5.74, 6) is 0.177. The number of aliphatic hydroxyl groups is 1. The molecule has 0 amide bonds. The van der Waals surface area contributed by atoms with E-state index in [0.29, 0.717) is 5.75 Å². The van der Waals surface area contributed by atoms with Gasteiger partial charge in [0.15, 0.2) is 0 Å². The average molecular weight is 219 g/mol. The first-order chi connectivity index (χ1) is 7.78. The van der Waals surface area contributed by atoms with Crippen LogP contribution in [0.3, 0.4) is 0 Å². The lowest BCUT2D eigenvalue weighted by Gasteiger charge is -2.04. The highest BCUT2D eigenvalue weighted by Crippen LogP contribution is 2.19. The summed E-state index contributed by atoms with van der Waals surface area (Å²) in [5.41, 5.74) is 0.791. The molecule has 1 N–H and O–H groups in total. The van der Waals surface area contributed by atoms with Gasteiger partial charge in [0.2, 0.25) is 11.8 Å². The molecule has 0 atom stereocenters. The van der Waals surface area contributed by atoms with E-state index in [1.807, 2.05) is 0 Å². The van der Waals surface area contributed by atoms with Crippen molar-refractivity contribution in [2.45, 2.75) is 6.61 Å². The van der Waals surface area contributed by atoms with Crippen molar-refractivity contribution in [2.75, 3.05) is 0 Å². The second kappa shape index (κ2) is 4.72. The monoisotopic (exact) mass is 219 g/mol. The molecule has 0 unspecified atom stereocenters. The van der Waals surface area contributed by atoms with Crippen molar-refractivity contribution < 1.29 is 14.2 Å². The van der Waals surface area contributed by atoms with E-state index < -0.39 is 5.95 Å². The minimum Gasteiger partial charge on any atom is -0.439 e. The van der Waals surface area contributed by atoms with Crippen LogP contribution in [0.1, 0.15) is 5.56 Å². The zero-order valence-electron chi connectivity index (χ0n) is 8.43. The fourth-order valence-corrected chi connectivity index (χ4v) is 1.23. The van der Waals surface area contributed by atoms with Gasteiger partial charge in [0.05, 0.1) is 6.61 Å². The van der Waals surface area contributed by atoms with Gasteiger partial charge in [0.25, 0.3) is 0 Å². The largest absolute Gasteiger partial charge is 0.439 e. The quantitative estimate of drug-likeness (QED) is 0.806. The molecule has 0 aliphatic heterocycles. The number of rotatable bonds is 3. The first-order valence-corrected chi connectivity index (χ1v) is 4.78. The van der Waals surface area contributed by atoms with Crippen molar-refractivity contribution in [3.05, 3.63) is 54.0 Å². The lowest BCUT2D eigenvalue weighted by Crippen LogP contribution is -1.90. The van der Waals surface area contributed by atoms with Gasteiger partial charge in [-0.15, -0.1) is 0 Å². The molecule has 0 saturated carbocycles. The molecule has 2 rings (SSSR count). The number of halogens is 1. The van der Waals surface area contributed by atoms with E-state index in [2.05, 4.69) is 4.98 Å². The molecular formula is C12H10FNO2. The van der Waals surface area contributed by atoms with Crippen molar-refractivity contribution in [3.63, 3.8) is 0 Å². The Hall–Kier alpha value is -1.94. The standard InChI is InChI=1S/C12H10FNO2/c13-11-2-1-3-12(14-11)16-10-6-4-9(8-15)5-7-10/h1-7,15H,8H2. The highest BCUT2D eigenvalue weighted by atomic mass is 19.1. The maximum Gasteiger partial charge on any atom is 0.221 e. The number of nitrogens with zero attached hydrogens (tertiary/aromatic N) is 1. The van der Waals surface area contributed by atoms with Crippen molar-refractivity contribution >= 4 is 0 Å². The van der Waals surface area contributed by atoms with Crippen LogP contribution < -0.4 is 4.74 Å². The molecule has 0 spiro atoms. The minimum atomic E-state index is -0.579. The first-order valence-electron chi connectivity index (χ1n) is 4.78. The third kappa shape index (κ3) is 2.55. The summed E-state index contributed by atoms with van der Waals surface area (Å²) >= 11 is 0. The number of hydrogen-bond donors (Lipinski definition) is 1.